The van der Waals surface area contributed by atoms with E-state index >= 15 is 0 Å². The molecule has 5 nitrogen and oxygen atoms in total. The maximum atomic E-state index is 14.7. The molecule has 0 bridgehead atoms. The summed E-state index contributed by atoms with van der Waals surface area (Å²) < 4.78 is 44.9. The van der Waals surface area contributed by atoms with Crippen molar-refractivity contribution in [3.8, 4) is 34.0 Å². The van der Waals surface area contributed by atoms with Crippen molar-refractivity contribution in [2.24, 2.45) is 0 Å². The molecule has 0 unspecified atom stereocenters. The number of hydrogen-bond acceptors (Lipinski definition) is 5. The Morgan fingerprint density at radius 3 is 2.15 bits per heavy atom. The van der Waals surface area contributed by atoms with Gasteiger partial charge in [-0.05, 0) is 36.2 Å². The first-order valence-corrected chi connectivity index (χ1v) is 11.3. The van der Waals surface area contributed by atoms with E-state index < -0.39 is 11.6 Å². The van der Waals surface area contributed by atoms with Crippen LogP contribution >= 0.6 is 0 Å². The number of ether oxygens (including phenoxy) is 3. The number of nitrogens with zero attached hydrogens (tertiary/aromatic N) is 2. The van der Waals surface area contributed by atoms with Gasteiger partial charge in [-0.3, -0.25) is 0 Å². The van der Waals surface area contributed by atoms with E-state index in [1.165, 1.54) is 31.4 Å². The van der Waals surface area contributed by atoms with Gasteiger partial charge in [-0.15, -0.1) is 0 Å². The normalized spacial score (nSPS) is 10.9. The Balaban J connectivity index is 1.62. The summed E-state index contributed by atoms with van der Waals surface area (Å²) >= 11 is 0. The van der Waals surface area contributed by atoms with E-state index in [1.807, 2.05) is 12.1 Å². The number of unbranched alkanes of at least 4 members (excludes halogenated alkanes) is 5. The van der Waals surface area contributed by atoms with E-state index in [2.05, 4.69) is 16.9 Å². The second-order valence-corrected chi connectivity index (χ2v) is 7.73. The number of aromatic nitrogens is 2. The van der Waals surface area contributed by atoms with Crippen molar-refractivity contribution in [3.63, 3.8) is 0 Å². The minimum atomic E-state index is -1.02. The van der Waals surface area contributed by atoms with Gasteiger partial charge in [0.1, 0.15) is 5.75 Å². The molecule has 7 heteroatoms. The molecule has 1 aromatic heterocycles. The molecule has 0 amide bonds. The monoisotopic (exact) mass is 456 g/mol. The Morgan fingerprint density at radius 2 is 1.45 bits per heavy atom. The minimum absolute atomic E-state index is 0.00530. The first-order chi connectivity index (χ1) is 16.1. The average Bonchev–Trinajstić information content (AvgIpc) is 2.85. The van der Waals surface area contributed by atoms with Gasteiger partial charge < -0.3 is 14.2 Å². The Bertz CT molecular complexity index is 996. The molecule has 0 aliphatic carbocycles. The van der Waals surface area contributed by atoms with Crippen molar-refractivity contribution >= 4 is 0 Å². The summed E-state index contributed by atoms with van der Waals surface area (Å²) in [5.41, 5.74) is 1.61. The van der Waals surface area contributed by atoms with E-state index in [0.29, 0.717) is 12.4 Å². The predicted molar refractivity (Wildman–Crippen MR) is 124 cm³/mol. The Hall–Kier alpha value is -3.06. The van der Waals surface area contributed by atoms with Crippen molar-refractivity contribution in [1.29, 1.82) is 0 Å². The average molecular weight is 457 g/mol. The summed E-state index contributed by atoms with van der Waals surface area (Å²) in [5.74, 6) is -1.33. The quantitative estimate of drug-likeness (QED) is 0.209. The molecule has 0 radical (unpaired) electrons. The zero-order valence-electron chi connectivity index (χ0n) is 19.2. The Labute approximate surface area is 193 Å². The third kappa shape index (κ3) is 6.96. The van der Waals surface area contributed by atoms with Crippen LogP contribution in [-0.2, 0) is 4.74 Å². The second kappa shape index (κ2) is 12.8. The van der Waals surface area contributed by atoms with Gasteiger partial charge in [-0.1, -0.05) is 51.2 Å². The fraction of sp³-hybridized carbons (Fsp3) is 0.385. The van der Waals surface area contributed by atoms with Crippen molar-refractivity contribution in [3.05, 3.63) is 60.4 Å². The lowest BCUT2D eigenvalue weighted by Crippen LogP contribution is -2.02. The van der Waals surface area contributed by atoms with Crippen molar-refractivity contribution in [2.45, 2.75) is 45.4 Å². The third-order valence-corrected chi connectivity index (χ3v) is 5.23. The highest BCUT2D eigenvalue weighted by Gasteiger charge is 2.17. The predicted octanol–water partition coefficient (Wildman–Crippen LogP) is 6.81. The van der Waals surface area contributed by atoms with Gasteiger partial charge in [0.25, 0.3) is 0 Å². The maximum Gasteiger partial charge on any atom is 0.201 e. The van der Waals surface area contributed by atoms with Crippen LogP contribution in [0.4, 0.5) is 8.78 Å². The van der Waals surface area contributed by atoms with Crippen LogP contribution in [0, 0.1) is 11.6 Å². The van der Waals surface area contributed by atoms with Gasteiger partial charge in [0.15, 0.2) is 24.2 Å². The van der Waals surface area contributed by atoms with Crippen molar-refractivity contribution in [1.82, 2.24) is 9.97 Å². The molecule has 3 aromatic rings. The molecule has 2 aromatic carbocycles. The van der Waals surface area contributed by atoms with Crippen LogP contribution in [-0.4, -0.2) is 30.5 Å². The van der Waals surface area contributed by atoms with Crippen LogP contribution in [0.2, 0.25) is 0 Å². The molecule has 176 valence electrons. The van der Waals surface area contributed by atoms with Gasteiger partial charge in [0, 0.05) is 25.1 Å². The number of rotatable bonds is 13. The van der Waals surface area contributed by atoms with Gasteiger partial charge in [0.05, 0.1) is 12.2 Å². The van der Waals surface area contributed by atoms with Crippen molar-refractivity contribution in [2.75, 3.05) is 20.5 Å². The highest BCUT2D eigenvalue weighted by Crippen LogP contribution is 2.29. The van der Waals surface area contributed by atoms with Crippen LogP contribution in [0.15, 0.2) is 48.8 Å². The molecular formula is C26H30F2N2O3. The van der Waals surface area contributed by atoms with E-state index in [1.54, 1.807) is 31.6 Å². The lowest BCUT2D eigenvalue weighted by molar-refractivity contribution is 0.0511. The smallest absolute Gasteiger partial charge is 0.201 e. The van der Waals surface area contributed by atoms with Crippen LogP contribution < -0.4 is 9.47 Å². The number of hydrogen-bond donors (Lipinski definition) is 0. The molecule has 0 aliphatic heterocycles. The summed E-state index contributed by atoms with van der Waals surface area (Å²) in [6, 6.07) is 10.2. The topological polar surface area (TPSA) is 53.5 Å². The summed E-state index contributed by atoms with van der Waals surface area (Å²) in [5, 5.41) is 0. The van der Waals surface area contributed by atoms with E-state index in [9.17, 15) is 8.78 Å². The van der Waals surface area contributed by atoms with E-state index in [4.69, 9.17) is 14.2 Å². The van der Waals surface area contributed by atoms with Gasteiger partial charge in [-0.2, -0.15) is 4.39 Å². The van der Waals surface area contributed by atoms with Crippen molar-refractivity contribution < 1.29 is 23.0 Å². The van der Waals surface area contributed by atoms with Crippen LogP contribution in [0.25, 0.3) is 22.5 Å². The van der Waals surface area contributed by atoms with Gasteiger partial charge >= 0.3 is 0 Å². The molecule has 33 heavy (non-hydrogen) atoms. The van der Waals surface area contributed by atoms with Crippen LogP contribution in [0.3, 0.4) is 0 Å². The Kier molecular flexibility index (Phi) is 9.57. The van der Waals surface area contributed by atoms with E-state index in [0.717, 1.165) is 30.4 Å². The maximum absolute atomic E-state index is 14.7. The SMILES string of the molecule is CCCCCCCCOc1ccc(-c2ncc(-c3ccc(OCOC)cc3)cn2)c(F)c1F. The molecule has 1 heterocycles. The largest absolute Gasteiger partial charge is 0.490 e. The zero-order chi connectivity index (χ0) is 23.5. The first kappa shape index (κ1) is 24.6. The second-order valence-electron chi connectivity index (χ2n) is 7.73. The molecule has 0 saturated heterocycles. The van der Waals surface area contributed by atoms with Crippen LogP contribution in [0.1, 0.15) is 45.4 Å². The molecule has 0 fully saturated rings. The summed E-state index contributed by atoms with van der Waals surface area (Å²) in [6.07, 6.45) is 9.73. The zero-order valence-corrected chi connectivity index (χ0v) is 19.2. The number of methoxy groups -OCH3 is 1. The number of halogens is 2. The summed E-state index contributed by atoms with van der Waals surface area (Å²) in [7, 11) is 1.55. The third-order valence-electron chi connectivity index (χ3n) is 5.23. The molecular weight excluding hydrogens is 426 g/mol. The van der Waals surface area contributed by atoms with Crippen LogP contribution in [0.5, 0.6) is 11.5 Å². The molecule has 0 aliphatic rings. The minimum Gasteiger partial charge on any atom is -0.490 e. The highest BCUT2D eigenvalue weighted by atomic mass is 19.2. The standard InChI is InChI=1S/C26H30F2N2O3/c1-3-4-5-6-7-8-15-32-23-14-13-22(24(27)25(23)28)26-29-16-20(17-30-26)19-9-11-21(12-10-19)33-18-31-2/h9-14,16-17H,3-8,15,18H2,1-2H3. The van der Waals surface area contributed by atoms with Gasteiger partial charge in [-0.25, -0.2) is 14.4 Å². The lowest BCUT2D eigenvalue weighted by atomic mass is 10.1. The first-order valence-electron chi connectivity index (χ1n) is 11.3. The summed E-state index contributed by atoms with van der Waals surface area (Å²) in [6.45, 7) is 2.70. The molecule has 0 spiro atoms. The molecule has 0 atom stereocenters. The molecule has 0 saturated carbocycles. The fourth-order valence-electron chi connectivity index (χ4n) is 3.37. The highest BCUT2D eigenvalue weighted by molar-refractivity contribution is 5.65. The number of benzene rings is 2. The molecule has 0 N–H and O–H groups in total. The van der Waals surface area contributed by atoms with Gasteiger partial charge in [0.2, 0.25) is 5.82 Å². The molecule has 3 rings (SSSR count). The Morgan fingerprint density at radius 1 is 0.758 bits per heavy atom. The fourth-order valence-corrected chi connectivity index (χ4v) is 3.37. The summed E-state index contributed by atoms with van der Waals surface area (Å²) in [4.78, 5) is 8.46. The van der Waals surface area contributed by atoms with E-state index in [-0.39, 0.29) is 23.9 Å². The lowest BCUT2D eigenvalue weighted by Gasteiger charge is -2.10.